The number of nitrogens with one attached hydrogen (secondary N) is 1. The molecule has 82 valence electrons. The molecule has 15 heavy (non-hydrogen) atoms. The lowest BCUT2D eigenvalue weighted by atomic mass is 10.2. The molecule has 1 saturated heterocycles. The number of H-pyrrole nitrogens is 1. The van der Waals surface area contributed by atoms with E-state index in [0.29, 0.717) is 5.82 Å². The number of rotatable bonds is 1. The fraction of sp³-hybridized carbons (Fsp3) is 0.600. The Morgan fingerprint density at radius 3 is 2.80 bits per heavy atom. The SMILES string of the molecule is Cc1c(O)nc(C2CCC(C)O2)[nH]c1=O. The van der Waals surface area contributed by atoms with Crippen molar-refractivity contribution in [2.75, 3.05) is 0 Å². The summed E-state index contributed by atoms with van der Waals surface area (Å²) in [6, 6.07) is 0. The second-order valence-electron chi connectivity index (χ2n) is 3.91. The molecule has 2 atom stereocenters. The molecular formula is C10H14N2O3. The van der Waals surface area contributed by atoms with E-state index in [1.54, 1.807) is 0 Å². The highest BCUT2D eigenvalue weighted by Gasteiger charge is 2.26. The fourth-order valence-corrected chi connectivity index (χ4v) is 1.69. The smallest absolute Gasteiger partial charge is 0.257 e. The topological polar surface area (TPSA) is 75.2 Å². The van der Waals surface area contributed by atoms with Gasteiger partial charge in [0.1, 0.15) is 11.9 Å². The Morgan fingerprint density at radius 1 is 1.53 bits per heavy atom. The van der Waals surface area contributed by atoms with Crippen LogP contribution in [0.1, 0.15) is 37.3 Å². The summed E-state index contributed by atoms with van der Waals surface area (Å²) in [4.78, 5) is 17.9. The Morgan fingerprint density at radius 2 is 2.27 bits per heavy atom. The first-order chi connectivity index (χ1) is 7.08. The third-order valence-electron chi connectivity index (χ3n) is 2.68. The van der Waals surface area contributed by atoms with Gasteiger partial charge in [-0.2, -0.15) is 4.98 Å². The summed E-state index contributed by atoms with van der Waals surface area (Å²) in [5.74, 6) is 0.212. The van der Waals surface area contributed by atoms with Crippen molar-refractivity contribution in [3.63, 3.8) is 0 Å². The molecule has 0 bridgehead atoms. The van der Waals surface area contributed by atoms with Crippen LogP contribution in [0, 0.1) is 6.92 Å². The lowest BCUT2D eigenvalue weighted by Gasteiger charge is -2.10. The zero-order valence-electron chi connectivity index (χ0n) is 8.78. The monoisotopic (exact) mass is 210 g/mol. The zero-order valence-corrected chi connectivity index (χ0v) is 8.78. The van der Waals surface area contributed by atoms with Crippen LogP contribution >= 0.6 is 0 Å². The molecule has 0 amide bonds. The molecule has 1 aromatic heterocycles. The predicted molar refractivity (Wildman–Crippen MR) is 53.8 cm³/mol. The van der Waals surface area contributed by atoms with Crippen molar-refractivity contribution >= 4 is 0 Å². The van der Waals surface area contributed by atoms with E-state index in [0.717, 1.165) is 12.8 Å². The van der Waals surface area contributed by atoms with E-state index in [9.17, 15) is 9.90 Å². The van der Waals surface area contributed by atoms with Gasteiger partial charge in [0.05, 0.1) is 11.7 Å². The van der Waals surface area contributed by atoms with Crippen molar-refractivity contribution in [3.8, 4) is 5.88 Å². The van der Waals surface area contributed by atoms with E-state index in [4.69, 9.17) is 4.74 Å². The molecule has 0 spiro atoms. The quantitative estimate of drug-likeness (QED) is 0.725. The second-order valence-corrected chi connectivity index (χ2v) is 3.91. The molecule has 1 aliphatic rings. The molecule has 0 saturated carbocycles. The summed E-state index contributed by atoms with van der Waals surface area (Å²) < 4.78 is 5.55. The highest BCUT2D eigenvalue weighted by atomic mass is 16.5. The van der Waals surface area contributed by atoms with Gasteiger partial charge < -0.3 is 14.8 Å². The van der Waals surface area contributed by atoms with Gasteiger partial charge in [0.25, 0.3) is 5.56 Å². The number of aromatic hydroxyl groups is 1. The average Bonchev–Trinajstić information content (AvgIpc) is 2.60. The third-order valence-corrected chi connectivity index (χ3v) is 2.68. The average molecular weight is 210 g/mol. The Hall–Kier alpha value is -1.36. The molecule has 1 fully saturated rings. The first-order valence-corrected chi connectivity index (χ1v) is 5.03. The maximum Gasteiger partial charge on any atom is 0.257 e. The fourth-order valence-electron chi connectivity index (χ4n) is 1.69. The molecule has 0 aliphatic carbocycles. The van der Waals surface area contributed by atoms with Crippen LogP contribution in [-0.4, -0.2) is 21.2 Å². The lowest BCUT2D eigenvalue weighted by Crippen LogP contribution is -2.16. The number of aromatic amines is 1. The van der Waals surface area contributed by atoms with E-state index in [1.165, 1.54) is 6.92 Å². The van der Waals surface area contributed by atoms with Crippen LogP contribution in [0.5, 0.6) is 5.88 Å². The summed E-state index contributed by atoms with van der Waals surface area (Å²) in [5.41, 5.74) is -0.0644. The number of ether oxygens (including phenoxy) is 1. The second kappa shape index (κ2) is 3.66. The van der Waals surface area contributed by atoms with Crippen LogP contribution in [0.2, 0.25) is 0 Å². The van der Waals surface area contributed by atoms with Crippen molar-refractivity contribution < 1.29 is 9.84 Å². The minimum atomic E-state index is -0.305. The normalized spacial score (nSPS) is 25.7. The van der Waals surface area contributed by atoms with Gasteiger partial charge >= 0.3 is 0 Å². The van der Waals surface area contributed by atoms with E-state index < -0.39 is 0 Å². The molecule has 2 rings (SSSR count). The van der Waals surface area contributed by atoms with Gasteiger partial charge in [0.2, 0.25) is 5.88 Å². The molecule has 5 heteroatoms. The summed E-state index contributed by atoms with van der Waals surface area (Å²) in [5, 5.41) is 9.42. The van der Waals surface area contributed by atoms with Gasteiger partial charge in [-0.3, -0.25) is 4.79 Å². The van der Waals surface area contributed by atoms with Gasteiger partial charge in [-0.25, -0.2) is 0 Å². The van der Waals surface area contributed by atoms with Crippen LogP contribution in [0.4, 0.5) is 0 Å². The number of hydrogen-bond donors (Lipinski definition) is 2. The molecule has 0 aromatic carbocycles. The molecular weight excluding hydrogens is 196 g/mol. The Kier molecular flexibility index (Phi) is 2.48. The first-order valence-electron chi connectivity index (χ1n) is 5.03. The molecule has 0 radical (unpaired) electrons. The lowest BCUT2D eigenvalue weighted by molar-refractivity contribution is 0.0497. The number of hydrogen-bond acceptors (Lipinski definition) is 4. The Bertz CT molecular complexity index is 427. The number of aromatic nitrogens is 2. The van der Waals surface area contributed by atoms with Crippen LogP contribution in [-0.2, 0) is 4.74 Å². The first kappa shape index (κ1) is 10.2. The Balaban J connectivity index is 2.34. The van der Waals surface area contributed by atoms with E-state index >= 15 is 0 Å². The molecule has 1 aliphatic heterocycles. The summed E-state index contributed by atoms with van der Waals surface area (Å²) in [6.45, 7) is 3.51. The minimum Gasteiger partial charge on any atom is -0.493 e. The molecule has 2 N–H and O–H groups in total. The largest absolute Gasteiger partial charge is 0.493 e. The van der Waals surface area contributed by atoms with E-state index in [-0.39, 0.29) is 29.2 Å². The van der Waals surface area contributed by atoms with Crippen molar-refractivity contribution in [3.05, 3.63) is 21.7 Å². The van der Waals surface area contributed by atoms with Crippen molar-refractivity contribution in [1.82, 2.24) is 9.97 Å². The Labute approximate surface area is 87.1 Å². The molecule has 2 heterocycles. The van der Waals surface area contributed by atoms with Crippen LogP contribution in [0.15, 0.2) is 4.79 Å². The van der Waals surface area contributed by atoms with Crippen molar-refractivity contribution in [1.29, 1.82) is 0 Å². The van der Waals surface area contributed by atoms with Gasteiger partial charge in [-0.15, -0.1) is 0 Å². The summed E-state index contributed by atoms with van der Waals surface area (Å²) in [7, 11) is 0. The minimum absolute atomic E-state index is 0.184. The predicted octanol–water partition coefficient (Wildman–Crippen LogP) is 1.02. The standard InChI is InChI=1S/C10H14N2O3/c1-5-3-4-7(15-5)8-11-9(13)6(2)10(14)12-8/h5,7H,3-4H2,1-2H3,(H2,11,12,13,14). The van der Waals surface area contributed by atoms with E-state index in [1.807, 2.05) is 6.92 Å². The van der Waals surface area contributed by atoms with Gasteiger partial charge in [-0.05, 0) is 26.7 Å². The summed E-state index contributed by atoms with van der Waals surface area (Å²) >= 11 is 0. The van der Waals surface area contributed by atoms with Crippen molar-refractivity contribution in [2.24, 2.45) is 0 Å². The van der Waals surface area contributed by atoms with E-state index in [2.05, 4.69) is 9.97 Å². The highest BCUT2D eigenvalue weighted by Crippen LogP contribution is 2.30. The third kappa shape index (κ3) is 1.87. The summed E-state index contributed by atoms with van der Waals surface area (Å²) in [6.07, 6.45) is 1.76. The highest BCUT2D eigenvalue weighted by molar-refractivity contribution is 5.20. The zero-order chi connectivity index (χ0) is 11.0. The maximum absolute atomic E-state index is 11.4. The number of nitrogens with zero attached hydrogens (tertiary/aromatic N) is 1. The van der Waals surface area contributed by atoms with Gasteiger partial charge in [0, 0.05) is 0 Å². The van der Waals surface area contributed by atoms with Crippen molar-refractivity contribution in [2.45, 2.75) is 38.9 Å². The maximum atomic E-state index is 11.4. The molecule has 2 unspecified atom stereocenters. The van der Waals surface area contributed by atoms with Gasteiger partial charge in [0.15, 0.2) is 0 Å². The van der Waals surface area contributed by atoms with Crippen LogP contribution in [0.3, 0.4) is 0 Å². The van der Waals surface area contributed by atoms with Crippen LogP contribution < -0.4 is 5.56 Å². The van der Waals surface area contributed by atoms with Gasteiger partial charge in [-0.1, -0.05) is 0 Å². The van der Waals surface area contributed by atoms with Crippen LogP contribution in [0.25, 0.3) is 0 Å². The molecule has 5 nitrogen and oxygen atoms in total. The molecule has 1 aromatic rings.